The first-order valence-electron chi connectivity index (χ1n) is 11.1. The fourth-order valence-electron chi connectivity index (χ4n) is 6.03. The number of benzene rings is 1. The van der Waals surface area contributed by atoms with Gasteiger partial charge in [0.1, 0.15) is 6.10 Å². The second-order valence-corrected chi connectivity index (χ2v) is 10.9. The summed E-state index contributed by atoms with van der Waals surface area (Å²) in [4.78, 5) is 30.8. The zero-order valence-corrected chi connectivity index (χ0v) is 19.2. The monoisotopic (exact) mass is 439 g/mol. The van der Waals surface area contributed by atoms with Gasteiger partial charge in [-0.25, -0.2) is 9.78 Å². The molecular weight excluding hydrogens is 410 g/mol. The highest BCUT2D eigenvalue weighted by molar-refractivity contribution is 7.15. The lowest BCUT2D eigenvalue weighted by atomic mass is 9.54. The smallest absolute Gasteiger partial charge is 0.325 e. The summed E-state index contributed by atoms with van der Waals surface area (Å²) in [6, 6.07) is 7.41. The van der Waals surface area contributed by atoms with Gasteiger partial charge in [0, 0.05) is 28.3 Å². The Morgan fingerprint density at radius 2 is 1.94 bits per heavy atom. The van der Waals surface area contributed by atoms with Gasteiger partial charge in [-0.15, -0.1) is 11.3 Å². The molecule has 6 nitrogen and oxygen atoms in total. The van der Waals surface area contributed by atoms with E-state index in [2.05, 4.69) is 24.5 Å². The number of esters is 1. The summed E-state index contributed by atoms with van der Waals surface area (Å²) in [7, 11) is 0. The van der Waals surface area contributed by atoms with Crippen LogP contribution in [-0.2, 0) is 16.0 Å². The van der Waals surface area contributed by atoms with Crippen molar-refractivity contribution in [3.05, 3.63) is 40.4 Å². The van der Waals surface area contributed by atoms with E-state index in [0.717, 1.165) is 36.2 Å². The van der Waals surface area contributed by atoms with Crippen molar-refractivity contribution in [2.45, 2.75) is 59.0 Å². The van der Waals surface area contributed by atoms with Crippen LogP contribution < -0.4 is 10.6 Å². The van der Waals surface area contributed by atoms with Gasteiger partial charge >= 0.3 is 12.0 Å². The van der Waals surface area contributed by atoms with Crippen LogP contribution in [0.2, 0.25) is 0 Å². The minimum absolute atomic E-state index is 0.0127. The lowest BCUT2D eigenvalue weighted by Gasteiger charge is -2.51. The molecule has 2 aliphatic carbocycles. The maximum Gasteiger partial charge on any atom is 0.325 e. The van der Waals surface area contributed by atoms with Crippen molar-refractivity contribution >= 4 is 34.2 Å². The van der Waals surface area contributed by atoms with Gasteiger partial charge in [0.15, 0.2) is 5.13 Å². The molecule has 2 fully saturated rings. The summed E-state index contributed by atoms with van der Waals surface area (Å²) < 4.78 is 5.90. The van der Waals surface area contributed by atoms with E-state index in [1.807, 2.05) is 38.1 Å². The zero-order valence-electron chi connectivity index (χ0n) is 18.4. The number of carbonyl (C=O) groups excluding carboxylic acids is 2. The number of hydrogen-bond acceptors (Lipinski definition) is 5. The maximum absolute atomic E-state index is 12.5. The quantitative estimate of drug-likeness (QED) is 0.618. The minimum Gasteiger partial charge on any atom is -0.461 e. The van der Waals surface area contributed by atoms with E-state index in [-0.39, 0.29) is 41.3 Å². The average molecular weight is 440 g/mol. The van der Waals surface area contributed by atoms with E-state index >= 15 is 0 Å². The Labute approximate surface area is 186 Å². The van der Waals surface area contributed by atoms with E-state index in [1.165, 1.54) is 4.88 Å². The van der Waals surface area contributed by atoms with Gasteiger partial charge in [0.05, 0.1) is 11.6 Å². The SMILES string of the molecule is Cc1ccc(NC(=O)Nc2nc3c(s2)C[C@@]2(C)CC[C@H]4[C@H](OC(=O)[C@H]4C)[C@H]2[C@@H]3C)cc1. The van der Waals surface area contributed by atoms with Crippen LogP contribution in [0.1, 0.15) is 55.7 Å². The normalized spacial score (nSPS) is 33.7. The van der Waals surface area contributed by atoms with Crippen LogP contribution >= 0.6 is 11.3 Å². The Morgan fingerprint density at radius 3 is 2.68 bits per heavy atom. The van der Waals surface area contributed by atoms with Crippen molar-refractivity contribution in [3.8, 4) is 0 Å². The number of aromatic nitrogens is 1. The summed E-state index contributed by atoms with van der Waals surface area (Å²) in [5.74, 6) is 0.702. The molecular formula is C24H29N3O3S. The third-order valence-electron chi connectivity index (χ3n) is 7.69. The van der Waals surface area contributed by atoms with Crippen LogP contribution in [0, 0.1) is 30.1 Å². The molecule has 0 unspecified atom stereocenters. The lowest BCUT2D eigenvalue weighted by Crippen LogP contribution is -2.50. The third-order valence-corrected chi connectivity index (χ3v) is 8.67. The van der Waals surface area contributed by atoms with Crippen LogP contribution in [0.15, 0.2) is 24.3 Å². The molecule has 6 atom stereocenters. The molecule has 164 valence electrons. The molecule has 2 heterocycles. The molecule has 0 spiro atoms. The van der Waals surface area contributed by atoms with Crippen molar-refractivity contribution < 1.29 is 14.3 Å². The molecule has 7 heteroatoms. The minimum atomic E-state index is -0.287. The fraction of sp³-hybridized carbons (Fsp3) is 0.542. The maximum atomic E-state index is 12.5. The summed E-state index contributed by atoms with van der Waals surface area (Å²) in [6.07, 6.45) is 3.03. The number of anilines is 2. The van der Waals surface area contributed by atoms with E-state index in [1.54, 1.807) is 11.3 Å². The van der Waals surface area contributed by atoms with E-state index in [4.69, 9.17) is 9.72 Å². The van der Waals surface area contributed by atoms with Crippen molar-refractivity contribution in [2.75, 3.05) is 10.6 Å². The van der Waals surface area contributed by atoms with Gasteiger partial charge in [-0.2, -0.15) is 0 Å². The largest absolute Gasteiger partial charge is 0.461 e. The Morgan fingerprint density at radius 1 is 1.19 bits per heavy atom. The number of nitrogens with zero attached hydrogens (tertiary/aromatic N) is 1. The standard InChI is InChI=1S/C24H29N3O3S/c1-12-5-7-15(8-6-12)25-22(29)27-23-26-19-14(3)18-20-16(13(2)21(28)30-20)9-10-24(18,4)11-17(19)31-23/h5-8,13-14,16,18,20H,9-11H2,1-4H3,(H2,25,26,27,29)/t13-,14-,16+,18+,20-,24+/m0/s1. The number of aryl methyl sites for hydroxylation is 1. The Kier molecular flexibility index (Phi) is 4.84. The number of thiazole rings is 1. The Balaban J connectivity index is 1.36. The first-order valence-corrected chi connectivity index (χ1v) is 11.9. The number of carbonyl (C=O) groups is 2. The van der Waals surface area contributed by atoms with Gasteiger partial charge in [0.25, 0.3) is 0 Å². The highest BCUT2D eigenvalue weighted by Crippen LogP contribution is 2.59. The van der Waals surface area contributed by atoms with Gasteiger partial charge in [-0.05, 0) is 43.7 Å². The van der Waals surface area contributed by atoms with E-state index < -0.39 is 0 Å². The molecule has 31 heavy (non-hydrogen) atoms. The van der Waals surface area contributed by atoms with Gasteiger partial charge in [-0.3, -0.25) is 10.1 Å². The van der Waals surface area contributed by atoms with Gasteiger partial charge in [0.2, 0.25) is 0 Å². The molecule has 2 aromatic rings. The van der Waals surface area contributed by atoms with Crippen molar-refractivity contribution in [2.24, 2.45) is 23.2 Å². The van der Waals surface area contributed by atoms with E-state index in [9.17, 15) is 9.59 Å². The summed E-state index contributed by atoms with van der Waals surface area (Å²) in [5.41, 5.74) is 3.03. The summed E-state index contributed by atoms with van der Waals surface area (Å²) in [6.45, 7) is 8.56. The molecule has 1 saturated carbocycles. The fourth-order valence-corrected chi connectivity index (χ4v) is 7.29. The second kappa shape index (κ2) is 7.33. The van der Waals surface area contributed by atoms with Gasteiger partial charge in [-0.1, -0.05) is 38.5 Å². The number of nitrogens with one attached hydrogen (secondary N) is 2. The van der Waals surface area contributed by atoms with Crippen LogP contribution in [0.5, 0.6) is 0 Å². The molecule has 5 rings (SSSR count). The van der Waals surface area contributed by atoms with Crippen molar-refractivity contribution in [1.29, 1.82) is 0 Å². The Hall–Kier alpha value is -2.41. The topological polar surface area (TPSA) is 80.3 Å². The molecule has 1 aromatic heterocycles. The molecule has 1 aliphatic heterocycles. The van der Waals surface area contributed by atoms with Gasteiger partial charge < -0.3 is 10.1 Å². The molecule has 1 aromatic carbocycles. The lowest BCUT2D eigenvalue weighted by molar-refractivity contribution is -0.149. The molecule has 0 bridgehead atoms. The van der Waals surface area contributed by atoms with Crippen LogP contribution in [0.3, 0.4) is 0 Å². The summed E-state index contributed by atoms with van der Waals surface area (Å²) in [5, 5.41) is 6.40. The second-order valence-electron chi connectivity index (χ2n) is 9.81. The van der Waals surface area contributed by atoms with Crippen LogP contribution in [0.4, 0.5) is 15.6 Å². The number of amides is 2. The number of urea groups is 1. The predicted molar refractivity (Wildman–Crippen MR) is 121 cm³/mol. The highest BCUT2D eigenvalue weighted by Gasteiger charge is 2.58. The molecule has 3 aliphatic rings. The molecule has 1 saturated heterocycles. The summed E-state index contributed by atoms with van der Waals surface area (Å²) >= 11 is 1.57. The first-order chi connectivity index (χ1) is 14.7. The average Bonchev–Trinajstić information content (AvgIpc) is 3.23. The van der Waals surface area contributed by atoms with E-state index in [0.29, 0.717) is 11.0 Å². The van der Waals surface area contributed by atoms with Crippen molar-refractivity contribution in [3.63, 3.8) is 0 Å². The van der Waals surface area contributed by atoms with Crippen molar-refractivity contribution in [1.82, 2.24) is 4.98 Å². The highest BCUT2D eigenvalue weighted by atomic mass is 32.1. The predicted octanol–water partition coefficient (Wildman–Crippen LogP) is 5.35. The molecule has 2 amide bonds. The van der Waals surface area contributed by atoms with Crippen LogP contribution in [-0.4, -0.2) is 23.1 Å². The number of rotatable bonds is 2. The third kappa shape index (κ3) is 3.43. The molecule has 2 N–H and O–H groups in total. The number of hydrogen-bond donors (Lipinski definition) is 2. The van der Waals surface area contributed by atoms with Crippen LogP contribution in [0.25, 0.3) is 0 Å². The zero-order chi connectivity index (χ0) is 21.9. The Bertz CT molecular complexity index is 1030. The molecule has 0 radical (unpaired) electrons. The number of ether oxygens (including phenoxy) is 1. The first kappa shape index (κ1) is 20.5. The number of fused-ring (bicyclic) bond motifs is 4.